The van der Waals surface area contributed by atoms with Crippen LogP contribution >= 0.6 is 0 Å². The summed E-state index contributed by atoms with van der Waals surface area (Å²) in [6, 6.07) is 59.5. The van der Waals surface area contributed by atoms with Gasteiger partial charge in [-0.1, -0.05) is 190 Å². The Hall–Kier alpha value is -6.17. The van der Waals surface area contributed by atoms with E-state index in [1.165, 1.54) is 65.3 Å². The molecule has 0 saturated heterocycles. The number of fused-ring (bicyclic) bond motifs is 6. The smallest absolute Gasteiger partial charge is 0.161 e. The Kier molecular flexibility index (Phi) is 7.72. The van der Waals surface area contributed by atoms with Gasteiger partial charge in [0.25, 0.3) is 0 Å². The molecule has 3 aliphatic heterocycles. The minimum Gasteiger partial charge on any atom is -0.227 e. The molecule has 7 aromatic carbocycles. The highest BCUT2D eigenvalue weighted by Gasteiger charge is 2.43. The standard InChI is InChI=1S/C51H40N2Si2/c1-54(2)45-26-16-14-24-40(45)47-39(30-28-37(49(47)54)34-18-8-5-9-19-34)44-33-32-43(36-22-12-7-13-23-36)52-51(53-44)42-31-29-38(35-20-10-6-11-21-35)50-48(42)41-25-15-17-27-46(41)55(50,3)4/h5-32H,1-4H3. The highest BCUT2D eigenvalue weighted by molar-refractivity contribution is 7.05. The van der Waals surface area contributed by atoms with Crippen molar-refractivity contribution in [1.29, 1.82) is 0 Å². The van der Waals surface area contributed by atoms with Gasteiger partial charge in [0.05, 0.1) is 5.71 Å². The van der Waals surface area contributed by atoms with Crippen LogP contribution in [-0.2, 0) is 0 Å². The predicted octanol–water partition coefficient (Wildman–Crippen LogP) is 10.1. The highest BCUT2D eigenvalue weighted by Crippen LogP contribution is 2.41. The molecule has 4 heteroatoms. The molecule has 0 radical (unpaired) electrons. The molecule has 0 saturated carbocycles. The molecule has 262 valence electrons. The van der Waals surface area contributed by atoms with Gasteiger partial charge in [0.1, 0.15) is 21.8 Å². The molecule has 0 fully saturated rings. The summed E-state index contributed by atoms with van der Waals surface area (Å²) in [5.74, 6) is 0.719. The van der Waals surface area contributed by atoms with Crippen molar-refractivity contribution in [3.05, 3.63) is 192 Å². The summed E-state index contributed by atoms with van der Waals surface area (Å²) in [7, 11) is -4.21. The maximum Gasteiger partial charge on any atom is 0.161 e. The number of rotatable bonds is 5. The van der Waals surface area contributed by atoms with Crippen LogP contribution in [0.5, 0.6) is 0 Å². The van der Waals surface area contributed by atoms with E-state index in [1.54, 1.807) is 0 Å². The molecule has 0 bridgehead atoms. The molecular weight excluding hydrogens is 697 g/mol. The third-order valence-corrected chi connectivity index (χ3v) is 19.0. The minimum atomic E-state index is -2.12. The Labute approximate surface area is 325 Å². The lowest BCUT2D eigenvalue weighted by Crippen LogP contribution is -2.50. The molecule has 0 amide bonds. The van der Waals surface area contributed by atoms with Gasteiger partial charge < -0.3 is 0 Å². The van der Waals surface area contributed by atoms with Crippen molar-refractivity contribution in [2.75, 3.05) is 0 Å². The second-order valence-electron chi connectivity index (χ2n) is 15.8. The summed E-state index contributed by atoms with van der Waals surface area (Å²) in [5.41, 5.74) is 18.9. The van der Waals surface area contributed by atoms with Crippen molar-refractivity contribution in [3.8, 4) is 44.5 Å². The van der Waals surface area contributed by atoms with Crippen LogP contribution in [-0.4, -0.2) is 27.7 Å². The van der Waals surface area contributed by atoms with Crippen LogP contribution in [0.25, 0.3) is 50.2 Å². The van der Waals surface area contributed by atoms with Crippen molar-refractivity contribution < 1.29 is 0 Å². The number of allylic oxidation sites excluding steroid dienone is 1. The zero-order chi connectivity index (χ0) is 37.3. The molecule has 0 spiro atoms. The first kappa shape index (κ1) is 33.4. The fourth-order valence-electron chi connectivity index (χ4n) is 9.39. The number of nitrogens with zero attached hydrogens (tertiary/aromatic N) is 2. The van der Waals surface area contributed by atoms with Crippen molar-refractivity contribution >= 4 is 54.1 Å². The number of hydrogen-bond donors (Lipinski definition) is 0. The molecule has 55 heavy (non-hydrogen) atoms. The lowest BCUT2D eigenvalue weighted by atomic mass is 9.92. The molecule has 7 aromatic rings. The summed E-state index contributed by atoms with van der Waals surface area (Å²) >= 11 is 0. The molecule has 0 atom stereocenters. The quantitative estimate of drug-likeness (QED) is 0.124. The Morgan fingerprint density at radius 3 is 1.33 bits per heavy atom. The van der Waals surface area contributed by atoms with Gasteiger partial charge in [-0.05, 0) is 71.3 Å². The van der Waals surface area contributed by atoms with Crippen LogP contribution in [0.1, 0.15) is 16.7 Å². The number of amidine groups is 1. The maximum absolute atomic E-state index is 5.63. The summed E-state index contributed by atoms with van der Waals surface area (Å²) in [5, 5.41) is 5.85. The summed E-state index contributed by atoms with van der Waals surface area (Å²) < 4.78 is 0. The SMILES string of the molecule is C[Si]1(C)c2ccccc2-c2c(C3=C=CC(c4ccccc4)=NC(c4ccc(-c5ccccc5)c5c4-c4ccccc4[Si]5(C)C)=N3)ccc(-c3ccccc3)c21. The van der Waals surface area contributed by atoms with E-state index in [4.69, 9.17) is 9.98 Å². The first-order valence-electron chi connectivity index (χ1n) is 19.2. The molecule has 0 unspecified atom stereocenters. The summed E-state index contributed by atoms with van der Waals surface area (Å²) in [6.45, 7) is 9.98. The van der Waals surface area contributed by atoms with Crippen LogP contribution in [0.4, 0.5) is 0 Å². The normalized spacial score (nSPS) is 15.5. The molecule has 10 rings (SSSR count). The van der Waals surface area contributed by atoms with Crippen LogP contribution < -0.4 is 20.7 Å². The van der Waals surface area contributed by atoms with Crippen LogP contribution in [0.3, 0.4) is 0 Å². The average Bonchev–Trinajstić information content (AvgIpc) is 3.48. The lowest BCUT2D eigenvalue weighted by molar-refractivity contribution is 1.46. The molecular formula is C51H40N2Si2. The van der Waals surface area contributed by atoms with Gasteiger partial charge in [-0.25, -0.2) is 9.98 Å². The van der Waals surface area contributed by atoms with E-state index in [-0.39, 0.29) is 0 Å². The van der Waals surface area contributed by atoms with Crippen molar-refractivity contribution in [1.82, 2.24) is 0 Å². The first-order chi connectivity index (χ1) is 26.8. The first-order valence-corrected chi connectivity index (χ1v) is 25.2. The summed E-state index contributed by atoms with van der Waals surface area (Å²) in [4.78, 5) is 11.1. The second kappa shape index (κ2) is 12.7. The van der Waals surface area contributed by atoms with Crippen LogP contribution in [0.15, 0.2) is 186 Å². The van der Waals surface area contributed by atoms with E-state index in [0.717, 1.165) is 33.9 Å². The van der Waals surface area contributed by atoms with Gasteiger partial charge in [0.15, 0.2) is 5.84 Å². The maximum atomic E-state index is 5.63. The van der Waals surface area contributed by atoms with Gasteiger partial charge in [-0.15, -0.1) is 0 Å². The molecule has 0 aliphatic carbocycles. The van der Waals surface area contributed by atoms with Crippen molar-refractivity contribution in [3.63, 3.8) is 0 Å². The zero-order valence-electron chi connectivity index (χ0n) is 31.6. The lowest BCUT2D eigenvalue weighted by Gasteiger charge is -2.23. The van der Waals surface area contributed by atoms with E-state index < -0.39 is 16.1 Å². The monoisotopic (exact) mass is 736 g/mol. The number of benzene rings is 7. The van der Waals surface area contributed by atoms with Crippen molar-refractivity contribution in [2.24, 2.45) is 9.98 Å². The summed E-state index contributed by atoms with van der Waals surface area (Å²) in [6.07, 6.45) is 2.05. The topological polar surface area (TPSA) is 24.7 Å². The Morgan fingerprint density at radius 1 is 0.382 bits per heavy atom. The fraction of sp³-hybridized carbons (Fsp3) is 0.0784. The van der Waals surface area contributed by atoms with E-state index >= 15 is 0 Å². The van der Waals surface area contributed by atoms with Gasteiger partial charge in [0, 0.05) is 22.8 Å². The third-order valence-electron chi connectivity index (χ3n) is 11.9. The van der Waals surface area contributed by atoms with E-state index in [2.05, 4.69) is 196 Å². The second-order valence-corrected chi connectivity index (χ2v) is 24.4. The van der Waals surface area contributed by atoms with Gasteiger partial charge in [0.2, 0.25) is 0 Å². The molecule has 3 heterocycles. The van der Waals surface area contributed by atoms with E-state index in [9.17, 15) is 0 Å². The average molecular weight is 737 g/mol. The van der Waals surface area contributed by atoms with Crippen molar-refractivity contribution in [2.45, 2.75) is 26.2 Å². The Bertz CT molecular complexity index is 2820. The van der Waals surface area contributed by atoms with Crippen LogP contribution in [0.2, 0.25) is 26.2 Å². The molecule has 3 aliphatic rings. The predicted molar refractivity (Wildman–Crippen MR) is 239 cm³/mol. The highest BCUT2D eigenvalue weighted by atomic mass is 28.3. The number of hydrogen-bond acceptors (Lipinski definition) is 2. The molecule has 0 aromatic heterocycles. The minimum absolute atomic E-state index is 0.719. The largest absolute Gasteiger partial charge is 0.227 e. The van der Waals surface area contributed by atoms with Gasteiger partial charge in [-0.2, -0.15) is 0 Å². The Morgan fingerprint density at radius 2 is 0.800 bits per heavy atom. The molecule has 0 N–H and O–H groups in total. The van der Waals surface area contributed by atoms with E-state index in [1.807, 2.05) is 6.08 Å². The third kappa shape index (κ3) is 5.21. The molecule has 2 nitrogen and oxygen atoms in total. The van der Waals surface area contributed by atoms with Crippen LogP contribution in [0, 0.1) is 0 Å². The Balaban J connectivity index is 1.26. The fourth-order valence-corrected chi connectivity index (χ4v) is 16.3. The van der Waals surface area contributed by atoms with Gasteiger partial charge in [-0.3, -0.25) is 0 Å². The zero-order valence-corrected chi connectivity index (χ0v) is 33.6. The van der Waals surface area contributed by atoms with Gasteiger partial charge >= 0.3 is 0 Å². The van der Waals surface area contributed by atoms with E-state index in [0.29, 0.717) is 0 Å². The number of aliphatic imine (C=N–C) groups is 2.